The second kappa shape index (κ2) is 7.78. The summed E-state index contributed by atoms with van der Waals surface area (Å²) in [6.45, 7) is 6.11. The maximum absolute atomic E-state index is 5.78. The predicted molar refractivity (Wildman–Crippen MR) is 87.9 cm³/mol. The van der Waals surface area contributed by atoms with Crippen molar-refractivity contribution >= 4 is 0 Å². The Balaban J connectivity index is 2.04. The molecule has 2 rings (SSSR count). The molecule has 1 heterocycles. The Morgan fingerprint density at radius 3 is 2.76 bits per heavy atom. The van der Waals surface area contributed by atoms with Crippen molar-refractivity contribution in [1.82, 2.24) is 15.1 Å². The minimum absolute atomic E-state index is 0.314. The number of likely N-dealkylation sites (tertiary alicyclic amines) is 1. The third-order valence-corrected chi connectivity index (χ3v) is 4.36. The number of hydrogen-bond acceptors (Lipinski definition) is 4. The summed E-state index contributed by atoms with van der Waals surface area (Å²) in [5.74, 6) is 1.00. The van der Waals surface area contributed by atoms with Crippen LogP contribution in [-0.2, 0) is 0 Å². The topological polar surface area (TPSA) is 27.7 Å². The average Bonchev–Trinajstić information content (AvgIpc) is 2.95. The molecule has 1 N–H and O–H groups in total. The Kier molecular flexibility index (Phi) is 6.03. The summed E-state index contributed by atoms with van der Waals surface area (Å²) in [7, 11) is 6.38. The molecule has 0 saturated carbocycles. The lowest BCUT2D eigenvalue weighted by Gasteiger charge is -2.26. The lowest BCUT2D eigenvalue weighted by Crippen LogP contribution is -2.36. The minimum Gasteiger partial charge on any atom is -0.494 e. The third-order valence-electron chi connectivity index (χ3n) is 4.36. The molecule has 21 heavy (non-hydrogen) atoms. The Bertz CT molecular complexity index is 436. The molecule has 1 aliphatic rings. The zero-order chi connectivity index (χ0) is 15.2. The molecule has 1 aromatic carbocycles. The first kappa shape index (κ1) is 16.3. The van der Waals surface area contributed by atoms with Gasteiger partial charge in [-0.2, -0.15) is 0 Å². The number of hydrogen-bond donors (Lipinski definition) is 1. The van der Waals surface area contributed by atoms with Gasteiger partial charge in [0.15, 0.2) is 0 Å². The highest BCUT2D eigenvalue weighted by Crippen LogP contribution is 2.27. The van der Waals surface area contributed by atoms with E-state index >= 15 is 0 Å². The van der Waals surface area contributed by atoms with Crippen molar-refractivity contribution < 1.29 is 4.74 Å². The molecular weight excluding hydrogens is 262 g/mol. The van der Waals surface area contributed by atoms with Gasteiger partial charge in [0, 0.05) is 30.7 Å². The summed E-state index contributed by atoms with van der Waals surface area (Å²) in [6.07, 6.45) is 1.26. The number of rotatable bonds is 7. The van der Waals surface area contributed by atoms with Crippen LogP contribution < -0.4 is 10.1 Å². The fourth-order valence-corrected chi connectivity index (χ4v) is 3.06. The van der Waals surface area contributed by atoms with Crippen LogP contribution in [0.1, 0.15) is 24.9 Å². The van der Waals surface area contributed by atoms with E-state index in [1.165, 1.54) is 18.5 Å². The molecule has 0 bridgehead atoms. The maximum Gasteiger partial charge on any atom is 0.124 e. The Morgan fingerprint density at radius 1 is 1.38 bits per heavy atom. The molecule has 1 aliphatic heterocycles. The summed E-state index contributed by atoms with van der Waals surface area (Å²) >= 11 is 0. The standard InChI is InChI=1S/C17H29N3O/c1-5-21-17-9-7-6-8-15(17)16(18-2)13-20-11-10-14(12-20)19(3)4/h6-9,14,16,18H,5,10-13H2,1-4H3. The van der Waals surface area contributed by atoms with Crippen molar-refractivity contribution in [1.29, 1.82) is 0 Å². The first-order valence-electron chi connectivity index (χ1n) is 7.93. The molecule has 0 spiro atoms. The second-order valence-electron chi connectivity index (χ2n) is 5.98. The summed E-state index contributed by atoms with van der Waals surface area (Å²) in [5, 5.41) is 3.45. The summed E-state index contributed by atoms with van der Waals surface area (Å²) in [4.78, 5) is 4.89. The van der Waals surface area contributed by atoms with E-state index in [2.05, 4.69) is 47.4 Å². The number of nitrogens with zero attached hydrogens (tertiary/aromatic N) is 2. The molecule has 2 unspecified atom stereocenters. The summed E-state index contributed by atoms with van der Waals surface area (Å²) in [6, 6.07) is 9.37. The van der Waals surface area contributed by atoms with E-state index < -0.39 is 0 Å². The maximum atomic E-state index is 5.78. The van der Waals surface area contributed by atoms with E-state index in [9.17, 15) is 0 Å². The van der Waals surface area contributed by atoms with E-state index in [0.717, 1.165) is 18.8 Å². The molecule has 1 aromatic rings. The fourth-order valence-electron chi connectivity index (χ4n) is 3.06. The van der Waals surface area contributed by atoms with Crippen LogP contribution >= 0.6 is 0 Å². The quantitative estimate of drug-likeness (QED) is 0.831. The molecule has 4 heteroatoms. The molecule has 1 fully saturated rings. The van der Waals surface area contributed by atoms with Gasteiger partial charge in [-0.3, -0.25) is 4.90 Å². The molecule has 0 aromatic heterocycles. The molecule has 118 valence electrons. The molecule has 0 aliphatic carbocycles. The molecule has 4 nitrogen and oxygen atoms in total. The van der Waals surface area contributed by atoms with Gasteiger partial charge in [0.05, 0.1) is 6.61 Å². The molecular formula is C17H29N3O. The number of nitrogens with one attached hydrogen (secondary N) is 1. The van der Waals surface area contributed by atoms with Gasteiger partial charge in [0.2, 0.25) is 0 Å². The highest BCUT2D eigenvalue weighted by molar-refractivity contribution is 5.36. The number of likely N-dealkylation sites (N-methyl/N-ethyl adjacent to an activating group) is 2. The van der Waals surface area contributed by atoms with Gasteiger partial charge in [0.25, 0.3) is 0 Å². The molecule has 0 radical (unpaired) electrons. The lowest BCUT2D eigenvalue weighted by atomic mass is 10.1. The average molecular weight is 291 g/mol. The monoisotopic (exact) mass is 291 g/mol. The normalized spacial score (nSPS) is 20.9. The van der Waals surface area contributed by atoms with Crippen LogP contribution in [0.15, 0.2) is 24.3 Å². The van der Waals surface area contributed by atoms with Crippen molar-refractivity contribution in [2.45, 2.75) is 25.4 Å². The molecule has 1 saturated heterocycles. The summed E-state index contributed by atoms with van der Waals surface area (Å²) < 4.78 is 5.78. The zero-order valence-electron chi connectivity index (χ0n) is 13.8. The van der Waals surface area contributed by atoms with Crippen molar-refractivity contribution in [3.8, 4) is 5.75 Å². The van der Waals surface area contributed by atoms with E-state index in [-0.39, 0.29) is 0 Å². The Labute approximate surface area is 129 Å². The van der Waals surface area contributed by atoms with Crippen molar-refractivity contribution in [3.63, 3.8) is 0 Å². The third kappa shape index (κ3) is 4.19. The van der Waals surface area contributed by atoms with Gasteiger partial charge in [-0.25, -0.2) is 0 Å². The number of para-hydroxylation sites is 1. The van der Waals surface area contributed by atoms with Gasteiger partial charge < -0.3 is 15.0 Å². The minimum atomic E-state index is 0.314. The van der Waals surface area contributed by atoms with Crippen molar-refractivity contribution in [3.05, 3.63) is 29.8 Å². The first-order chi connectivity index (χ1) is 10.2. The fraction of sp³-hybridized carbons (Fsp3) is 0.647. The van der Waals surface area contributed by atoms with Crippen LogP contribution in [0.5, 0.6) is 5.75 Å². The van der Waals surface area contributed by atoms with E-state index in [1.807, 2.05) is 20.0 Å². The Hall–Kier alpha value is -1.10. The van der Waals surface area contributed by atoms with Crippen LogP contribution in [-0.4, -0.2) is 63.2 Å². The number of benzene rings is 1. The smallest absolute Gasteiger partial charge is 0.124 e. The highest BCUT2D eigenvalue weighted by atomic mass is 16.5. The van der Waals surface area contributed by atoms with E-state index in [4.69, 9.17) is 4.74 Å². The van der Waals surface area contributed by atoms with E-state index in [1.54, 1.807) is 0 Å². The molecule has 2 atom stereocenters. The largest absolute Gasteiger partial charge is 0.494 e. The van der Waals surface area contributed by atoms with Crippen LogP contribution in [0.4, 0.5) is 0 Å². The first-order valence-corrected chi connectivity index (χ1v) is 7.93. The van der Waals surface area contributed by atoms with Gasteiger partial charge >= 0.3 is 0 Å². The van der Waals surface area contributed by atoms with Crippen LogP contribution in [0.25, 0.3) is 0 Å². The predicted octanol–water partition coefficient (Wildman–Crippen LogP) is 1.98. The van der Waals surface area contributed by atoms with Crippen LogP contribution in [0.3, 0.4) is 0 Å². The second-order valence-corrected chi connectivity index (χ2v) is 5.98. The van der Waals surface area contributed by atoms with Crippen molar-refractivity contribution in [2.75, 3.05) is 47.4 Å². The van der Waals surface area contributed by atoms with Crippen molar-refractivity contribution in [2.24, 2.45) is 0 Å². The SMILES string of the molecule is CCOc1ccccc1C(CN1CCC(N(C)C)C1)NC. The van der Waals surface area contributed by atoms with Crippen LogP contribution in [0.2, 0.25) is 0 Å². The zero-order valence-corrected chi connectivity index (χ0v) is 13.8. The van der Waals surface area contributed by atoms with Gasteiger partial charge in [-0.1, -0.05) is 18.2 Å². The van der Waals surface area contributed by atoms with Gasteiger partial charge in [0.1, 0.15) is 5.75 Å². The van der Waals surface area contributed by atoms with E-state index in [0.29, 0.717) is 18.7 Å². The highest BCUT2D eigenvalue weighted by Gasteiger charge is 2.26. The number of ether oxygens (including phenoxy) is 1. The van der Waals surface area contributed by atoms with Crippen LogP contribution in [0, 0.1) is 0 Å². The summed E-state index contributed by atoms with van der Waals surface area (Å²) in [5.41, 5.74) is 1.26. The van der Waals surface area contributed by atoms with Gasteiger partial charge in [-0.05, 0) is 47.1 Å². The molecule has 0 amide bonds. The Morgan fingerprint density at radius 2 is 2.14 bits per heavy atom. The van der Waals surface area contributed by atoms with Gasteiger partial charge in [-0.15, -0.1) is 0 Å². The lowest BCUT2D eigenvalue weighted by molar-refractivity contribution is 0.250.